The van der Waals surface area contributed by atoms with E-state index in [2.05, 4.69) is 6.92 Å². The third-order valence-corrected chi connectivity index (χ3v) is 2.29. The summed E-state index contributed by atoms with van der Waals surface area (Å²) in [6, 6.07) is 3.70. The van der Waals surface area contributed by atoms with Crippen molar-refractivity contribution in [3.63, 3.8) is 0 Å². The Bertz CT molecular complexity index is 340. The lowest BCUT2D eigenvalue weighted by Gasteiger charge is -2.07. The van der Waals surface area contributed by atoms with Gasteiger partial charge in [-0.2, -0.15) is 0 Å². The third kappa shape index (κ3) is 1.89. The molecule has 0 amide bonds. The van der Waals surface area contributed by atoms with Gasteiger partial charge in [0.2, 0.25) is 0 Å². The van der Waals surface area contributed by atoms with E-state index >= 15 is 0 Å². The molecule has 0 saturated heterocycles. The molecule has 0 bridgehead atoms. The minimum Gasteiger partial charge on any atom is -0.478 e. The molecular weight excluding hydrogens is 164 g/mol. The van der Waals surface area contributed by atoms with Crippen LogP contribution in [0, 0.1) is 13.8 Å². The van der Waals surface area contributed by atoms with E-state index in [0.717, 1.165) is 17.5 Å². The summed E-state index contributed by atoms with van der Waals surface area (Å²) in [4.78, 5) is 10.8. The van der Waals surface area contributed by atoms with E-state index in [4.69, 9.17) is 5.11 Å². The van der Waals surface area contributed by atoms with Gasteiger partial charge in [0.05, 0.1) is 5.56 Å². The highest BCUT2D eigenvalue weighted by Crippen LogP contribution is 2.16. The van der Waals surface area contributed by atoms with Gasteiger partial charge in [0, 0.05) is 0 Å². The third-order valence-electron chi connectivity index (χ3n) is 2.29. The Labute approximate surface area is 78.2 Å². The number of hydrogen-bond acceptors (Lipinski definition) is 1. The Balaban J connectivity index is 3.28. The summed E-state index contributed by atoms with van der Waals surface area (Å²) in [6.45, 7) is 5.86. The largest absolute Gasteiger partial charge is 0.478 e. The minimum absolute atomic E-state index is 0.412. The van der Waals surface area contributed by atoms with Crippen molar-refractivity contribution in [3.05, 3.63) is 34.4 Å². The standard InChI is InChI=1S/C11H14O2/c1-4-9-5-8(3)10(11(12)13)6-7(9)2/h5-6H,4H2,1-3H3,(H,12,13). The van der Waals surface area contributed by atoms with Crippen LogP contribution in [0.25, 0.3) is 0 Å². The Morgan fingerprint density at radius 2 is 1.92 bits per heavy atom. The lowest BCUT2D eigenvalue weighted by molar-refractivity contribution is 0.0696. The molecule has 0 aliphatic rings. The van der Waals surface area contributed by atoms with Gasteiger partial charge in [0.15, 0.2) is 0 Å². The number of aromatic carboxylic acids is 1. The van der Waals surface area contributed by atoms with Gasteiger partial charge in [0.1, 0.15) is 0 Å². The van der Waals surface area contributed by atoms with Crippen molar-refractivity contribution in [2.75, 3.05) is 0 Å². The lowest BCUT2D eigenvalue weighted by atomic mass is 9.99. The molecule has 0 atom stereocenters. The van der Waals surface area contributed by atoms with Gasteiger partial charge in [-0.3, -0.25) is 0 Å². The van der Waals surface area contributed by atoms with Crippen molar-refractivity contribution in [1.29, 1.82) is 0 Å². The van der Waals surface area contributed by atoms with Crippen molar-refractivity contribution >= 4 is 5.97 Å². The molecular formula is C11H14O2. The number of carbonyl (C=O) groups is 1. The lowest BCUT2D eigenvalue weighted by Crippen LogP contribution is -2.02. The molecule has 2 nitrogen and oxygen atoms in total. The quantitative estimate of drug-likeness (QED) is 0.755. The Morgan fingerprint density at radius 3 is 2.38 bits per heavy atom. The normalized spacial score (nSPS) is 10.1. The van der Waals surface area contributed by atoms with Crippen LogP contribution in [0.3, 0.4) is 0 Å². The second-order valence-corrected chi connectivity index (χ2v) is 3.25. The fourth-order valence-corrected chi connectivity index (χ4v) is 1.49. The number of benzene rings is 1. The average molecular weight is 178 g/mol. The Hall–Kier alpha value is -1.31. The van der Waals surface area contributed by atoms with E-state index in [0.29, 0.717) is 5.56 Å². The van der Waals surface area contributed by atoms with Crippen LogP contribution in [-0.4, -0.2) is 11.1 Å². The van der Waals surface area contributed by atoms with Crippen LogP contribution in [0.2, 0.25) is 0 Å². The fraction of sp³-hybridized carbons (Fsp3) is 0.364. The number of rotatable bonds is 2. The molecule has 1 rings (SSSR count). The SMILES string of the molecule is CCc1cc(C)c(C(=O)O)cc1C. The zero-order valence-electron chi connectivity index (χ0n) is 8.22. The molecule has 0 heterocycles. The topological polar surface area (TPSA) is 37.3 Å². The van der Waals surface area contributed by atoms with Crippen LogP contribution in [-0.2, 0) is 6.42 Å². The maximum Gasteiger partial charge on any atom is 0.335 e. The predicted molar refractivity (Wildman–Crippen MR) is 52.3 cm³/mol. The van der Waals surface area contributed by atoms with Crippen molar-refractivity contribution in [2.24, 2.45) is 0 Å². The van der Waals surface area contributed by atoms with E-state index in [-0.39, 0.29) is 0 Å². The molecule has 0 radical (unpaired) electrons. The fourth-order valence-electron chi connectivity index (χ4n) is 1.49. The number of aryl methyl sites for hydroxylation is 3. The average Bonchev–Trinajstić information content (AvgIpc) is 2.07. The van der Waals surface area contributed by atoms with Crippen LogP contribution in [0.15, 0.2) is 12.1 Å². The first-order valence-electron chi connectivity index (χ1n) is 4.39. The van der Waals surface area contributed by atoms with E-state index in [1.165, 1.54) is 5.56 Å². The summed E-state index contributed by atoms with van der Waals surface area (Å²) in [5.41, 5.74) is 3.54. The molecule has 0 saturated carbocycles. The maximum atomic E-state index is 10.8. The zero-order chi connectivity index (χ0) is 10.0. The summed E-state index contributed by atoms with van der Waals surface area (Å²) in [5.74, 6) is -0.844. The first-order valence-corrected chi connectivity index (χ1v) is 4.39. The summed E-state index contributed by atoms with van der Waals surface area (Å²) < 4.78 is 0. The Kier molecular flexibility index (Phi) is 2.71. The highest BCUT2D eigenvalue weighted by molar-refractivity contribution is 5.89. The van der Waals surface area contributed by atoms with Crippen LogP contribution >= 0.6 is 0 Å². The van der Waals surface area contributed by atoms with Gasteiger partial charge in [-0.05, 0) is 43.0 Å². The van der Waals surface area contributed by atoms with Crippen LogP contribution in [0.4, 0.5) is 0 Å². The summed E-state index contributed by atoms with van der Waals surface area (Å²) in [6.07, 6.45) is 0.951. The molecule has 0 aliphatic carbocycles. The second kappa shape index (κ2) is 3.60. The summed E-state index contributed by atoms with van der Waals surface area (Å²) >= 11 is 0. The van der Waals surface area contributed by atoms with E-state index in [1.807, 2.05) is 19.9 Å². The van der Waals surface area contributed by atoms with Gasteiger partial charge >= 0.3 is 5.97 Å². The van der Waals surface area contributed by atoms with E-state index < -0.39 is 5.97 Å². The molecule has 2 heteroatoms. The molecule has 0 spiro atoms. The minimum atomic E-state index is -0.844. The number of carboxylic acids is 1. The molecule has 1 aromatic rings. The molecule has 0 unspecified atom stereocenters. The van der Waals surface area contributed by atoms with Crippen molar-refractivity contribution in [1.82, 2.24) is 0 Å². The van der Waals surface area contributed by atoms with Gasteiger partial charge < -0.3 is 5.11 Å². The molecule has 0 aromatic heterocycles. The monoisotopic (exact) mass is 178 g/mol. The first-order chi connectivity index (χ1) is 6.06. The molecule has 0 aliphatic heterocycles. The first kappa shape index (κ1) is 9.78. The maximum absolute atomic E-state index is 10.8. The highest BCUT2D eigenvalue weighted by atomic mass is 16.4. The molecule has 1 aromatic carbocycles. The molecule has 70 valence electrons. The van der Waals surface area contributed by atoms with Gasteiger partial charge in [0.25, 0.3) is 0 Å². The predicted octanol–water partition coefficient (Wildman–Crippen LogP) is 2.56. The van der Waals surface area contributed by atoms with Gasteiger partial charge in [-0.25, -0.2) is 4.79 Å². The van der Waals surface area contributed by atoms with E-state index in [9.17, 15) is 4.79 Å². The van der Waals surface area contributed by atoms with Gasteiger partial charge in [-0.1, -0.05) is 13.0 Å². The molecule has 1 N–H and O–H groups in total. The smallest absolute Gasteiger partial charge is 0.335 e. The number of hydrogen-bond donors (Lipinski definition) is 1. The van der Waals surface area contributed by atoms with Crippen LogP contribution in [0.5, 0.6) is 0 Å². The second-order valence-electron chi connectivity index (χ2n) is 3.25. The number of carboxylic acid groups (broad SMARTS) is 1. The Morgan fingerprint density at radius 1 is 1.31 bits per heavy atom. The summed E-state index contributed by atoms with van der Waals surface area (Å²) in [7, 11) is 0. The van der Waals surface area contributed by atoms with Crippen molar-refractivity contribution in [3.8, 4) is 0 Å². The molecule has 0 fully saturated rings. The van der Waals surface area contributed by atoms with Crippen LogP contribution < -0.4 is 0 Å². The highest BCUT2D eigenvalue weighted by Gasteiger charge is 2.08. The summed E-state index contributed by atoms with van der Waals surface area (Å²) in [5, 5.41) is 8.85. The molecule has 13 heavy (non-hydrogen) atoms. The van der Waals surface area contributed by atoms with Crippen LogP contribution in [0.1, 0.15) is 34.0 Å². The van der Waals surface area contributed by atoms with Gasteiger partial charge in [-0.15, -0.1) is 0 Å². The van der Waals surface area contributed by atoms with Crippen molar-refractivity contribution in [2.45, 2.75) is 27.2 Å². The van der Waals surface area contributed by atoms with Crippen molar-refractivity contribution < 1.29 is 9.90 Å². The zero-order valence-corrected chi connectivity index (χ0v) is 8.22. The van der Waals surface area contributed by atoms with E-state index in [1.54, 1.807) is 6.07 Å².